The fraction of sp³-hybridized carbons (Fsp3) is 0.136. The van der Waals surface area contributed by atoms with Crippen LogP contribution >= 0.6 is 0 Å². The van der Waals surface area contributed by atoms with E-state index in [2.05, 4.69) is 39.3 Å². The molecule has 0 saturated carbocycles. The summed E-state index contributed by atoms with van der Waals surface area (Å²) in [4.78, 5) is 17.8. The van der Waals surface area contributed by atoms with Crippen molar-refractivity contribution in [3.05, 3.63) is 77.7 Å². The summed E-state index contributed by atoms with van der Waals surface area (Å²) in [5, 5.41) is 6.73. The van der Waals surface area contributed by atoms with Gasteiger partial charge < -0.3 is 15.2 Å². The van der Waals surface area contributed by atoms with E-state index in [0.717, 1.165) is 46.8 Å². The molecule has 138 valence electrons. The molecule has 0 radical (unpaired) electrons. The third-order valence-electron chi connectivity index (χ3n) is 5.23. The Balaban J connectivity index is 1.53. The second-order valence-electron chi connectivity index (χ2n) is 6.90. The highest BCUT2D eigenvalue weighted by Gasteiger charge is 2.26. The van der Waals surface area contributed by atoms with Crippen molar-refractivity contribution in [2.75, 3.05) is 11.4 Å². The van der Waals surface area contributed by atoms with Gasteiger partial charge in [-0.1, -0.05) is 47.6 Å². The molecule has 1 aliphatic rings. The van der Waals surface area contributed by atoms with E-state index in [1.165, 1.54) is 11.6 Å². The molecule has 0 bridgehead atoms. The van der Waals surface area contributed by atoms with Gasteiger partial charge in [-0.15, -0.1) is 0 Å². The van der Waals surface area contributed by atoms with Gasteiger partial charge in [-0.05, 0) is 22.9 Å². The van der Waals surface area contributed by atoms with Crippen LogP contribution in [0.15, 0.2) is 65.3 Å². The zero-order valence-corrected chi connectivity index (χ0v) is 15.1. The van der Waals surface area contributed by atoms with Gasteiger partial charge in [0.25, 0.3) is 0 Å². The number of nitrogens with zero attached hydrogens (tertiary/aromatic N) is 3. The summed E-state index contributed by atoms with van der Waals surface area (Å²) in [6.07, 6.45) is 2.28. The highest BCUT2D eigenvalue weighted by Crippen LogP contribution is 2.35. The Morgan fingerprint density at radius 1 is 1.07 bits per heavy atom. The van der Waals surface area contributed by atoms with E-state index in [4.69, 9.17) is 10.3 Å². The largest absolute Gasteiger partial charge is 0.366 e. The molecule has 6 nitrogen and oxygen atoms in total. The highest BCUT2D eigenvalue weighted by molar-refractivity contribution is 5.96. The van der Waals surface area contributed by atoms with Crippen LogP contribution in [0.3, 0.4) is 0 Å². The van der Waals surface area contributed by atoms with E-state index in [0.29, 0.717) is 12.1 Å². The van der Waals surface area contributed by atoms with Crippen molar-refractivity contribution in [2.24, 2.45) is 5.73 Å². The molecule has 5 rings (SSSR count). The molecule has 0 unspecified atom stereocenters. The summed E-state index contributed by atoms with van der Waals surface area (Å²) in [6, 6.07) is 18.0. The molecule has 2 N–H and O–H groups in total. The molecule has 4 aromatic rings. The number of anilines is 1. The molecule has 0 fully saturated rings. The zero-order valence-electron chi connectivity index (χ0n) is 15.1. The Kier molecular flexibility index (Phi) is 3.83. The lowest BCUT2D eigenvalue weighted by molar-refractivity contribution is 0.1000. The molecule has 0 saturated heterocycles. The Morgan fingerprint density at radius 3 is 2.75 bits per heavy atom. The van der Waals surface area contributed by atoms with Crippen LogP contribution in [0.5, 0.6) is 0 Å². The predicted octanol–water partition coefficient (Wildman–Crippen LogP) is 3.55. The van der Waals surface area contributed by atoms with Crippen molar-refractivity contribution in [3.63, 3.8) is 0 Å². The van der Waals surface area contributed by atoms with Crippen LogP contribution in [0.25, 0.3) is 22.0 Å². The van der Waals surface area contributed by atoms with Crippen LogP contribution in [-0.4, -0.2) is 22.6 Å². The summed E-state index contributed by atoms with van der Waals surface area (Å²) in [5.41, 5.74) is 8.75. The number of benzene rings is 2. The van der Waals surface area contributed by atoms with Crippen molar-refractivity contribution >= 4 is 22.5 Å². The van der Waals surface area contributed by atoms with E-state index in [1.54, 1.807) is 6.07 Å². The number of pyridine rings is 1. The van der Waals surface area contributed by atoms with Crippen molar-refractivity contribution in [2.45, 2.75) is 13.0 Å². The lowest BCUT2D eigenvalue weighted by Gasteiger charge is -2.27. The monoisotopic (exact) mass is 370 g/mol. The molecule has 2 aromatic heterocycles. The van der Waals surface area contributed by atoms with E-state index in [-0.39, 0.29) is 0 Å². The Bertz CT molecular complexity index is 1180. The molecule has 2 aromatic carbocycles. The molecule has 1 amide bonds. The van der Waals surface area contributed by atoms with Crippen LogP contribution < -0.4 is 10.6 Å². The van der Waals surface area contributed by atoms with Gasteiger partial charge >= 0.3 is 0 Å². The van der Waals surface area contributed by atoms with E-state index < -0.39 is 5.91 Å². The molecule has 28 heavy (non-hydrogen) atoms. The first-order valence-electron chi connectivity index (χ1n) is 9.17. The summed E-state index contributed by atoms with van der Waals surface area (Å²) in [5.74, 6) is 1.26. The van der Waals surface area contributed by atoms with Crippen LogP contribution in [-0.2, 0) is 13.0 Å². The second kappa shape index (κ2) is 6.49. The highest BCUT2D eigenvalue weighted by atomic mass is 16.5. The maximum atomic E-state index is 11.3. The molecule has 0 atom stereocenters. The molecule has 0 spiro atoms. The smallest absolute Gasteiger partial charge is 0.250 e. The summed E-state index contributed by atoms with van der Waals surface area (Å²) in [7, 11) is 0. The number of hydrogen-bond acceptors (Lipinski definition) is 5. The molecular formula is C22H18N4O2. The number of rotatable bonds is 3. The van der Waals surface area contributed by atoms with Crippen LogP contribution in [0.4, 0.5) is 5.82 Å². The maximum absolute atomic E-state index is 11.3. The summed E-state index contributed by atoms with van der Waals surface area (Å²) >= 11 is 0. The van der Waals surface area contributed by atoms with Crippen LogP contribution in [0.2, 0.25) is 0 Å². The topological polar surface area (TPSA) is 85.3 Å². The minimum Gasteiger partial charge on any atom is -0.366 e. The number of primary amides is 1. The first-order valence-corrected chi connectivity index (χ1v) is 9.17. The molecular weight excluding hydrogens is 352 g/mol. The fourth-order valence-corrected chi connectivity index (χ4v) is 3.77. The number of carbonyl (C=O) groups excluding carboxylic acids is 1. The third-order valence-corrected chi connectivity index (χ3v) is 5.23. The summed E-state index contributed by atoms with van der Waals surface area (Å²) in [6.45, 7) is 1.43. The number of amides is 1. The van der Waals surface area contributed by atoms with Gasteiger partial charge in [-0.3, -0.25) is 4.79 Å². The Hall–Kier alpha value is -3.67. The van der Waals surface area contributed by atoms with Crippen molar-refractivity contribution in [3.8, 4) is 11.3 Å². The zero-order chi connectivity index (χ0) is 19.1. The number of aromatic nitrogens is 2. The van der Waals surface area contributed by atoms with Gasteiger partial charge in [0.2, 0.25) is 5.91 Å². The Morgan fingerprint density at radius 2 is 1.93 bits per heavy atom. The lowest BCUT2D eigenvalue weighted by Crippen LogP contribution is -2.30. The minimum atomic E-state index is -0.475. The lowest BCUT2D eigenvalue weighted by atomic mass is 9.97. The number of carbonyl (C=O) groups is 1. The predicted molar refractivity (Wildman–Crippen MR) is 107 cm³/mol. The third kappa shape index (κ3) is 2.70. The first-order chi connectivity index (χ1) is 13.7. The van der Waals surface area contributed by atoms with Crippen molar-refractivity contribution in [1.29, 1.82) is 0 Å². The second-order valence-corrected chi connectivity index (χ2v) is 6.90. The molecule has 1 aliphatic heterocycles. The van der Waals surface area contributed by atoms with Gasteiger partial charge in [-0.25, -0.2) is 4.98 Å². The van der Waals surface area contributed by atoms with Crippen molar-refractivity contribution < 1.29 is 9.32 Å². The number of fused-ring (bicyclic) bond motifs is 2. The van der Waals surface area contributed by atoms with Gasteiger partial charge in [0.05, 0.1) is 12.1 Å². The SMILES string of the molecule is NC(=O)c1ccc(N2CCc3onc(-c4cccc5ccccc45)c3C2)nc1. The quantitative estimate of drug-likeness (QED) is 0.596. The maximum Gasteiger partial charge on any atom is 0.250 e. The average molecular weight is 370 g/mol. The number of nitrogens with two attached hydrogens (primary N) is 1. The van der Waals surface area contributed by atoms with Gasteiger partial charge in [0.1, 0.15) is 17.3 Å². The van der Waals surface area contributed by atoms with E-state index in [1.807, 2.05) is 24.3 Å². The number of hydrogen-bond donors (Lipinski definition) is 1. The molecule has 3 heterocycles. The first kappa shape index (κ1) is 16.5. The molecule has 6 heteroatoms. The summed E-state index contributed by atoms with van der Waals surface area (Å²) < 4.78 is 5.67. The minimum absolute atomic E-state index is 0.405. The average Bonchev–Trinajstić information content (AvgIpc) is 3.16. The van der Waals surface area contributed by atoms with E-state index in [9.17, 15) is 4.79 Å². The van der Waals surface area contributed by atoms with Gasteiger partial charge in [0, 0.05) is 30.3 Å². The van der Waals surface area contributed by atoms with Crippen molar-refractivity contribution in [1.82, 2.24) is 10.1 Å². The Labute approximate surface area is 161 Å². The standard InChI is InChI=1S/C22H18N4O2/c23-22(27)15-8-9-20(24-12-15)26-11-10-19-18(13-26)21(25-28-19)17-7-3-5-14-4-1-2-6-16(14)17/h1-9,12H,10-11,13H2,(H2,23,27). The van der Waals surface area contributed by atoms with Gasteiger partial charge in [-0.2, -0.15) is 0 Å². The van der Waals surface area contributed by atoms with E-state index >= 15 is 0 Å². The van der Waals surface area contributed by atoms with Crippen LogP contribution in [0, 0.1) is 0 Å². The fourth-order valence-electron chi connectivity index (χ4n) is 3.77. The van der Waals surface area contributed by atoms with Crippen LogP contribution in [0.1, 0.15) is 21.7 Å². The van der Waals surface area contributed by atoms with Gasteiger partial charge in [0.15, 0.2) is 0 Å². The molecule has 0 aliphatic carbocycles. The normalized spacial score (nSPS) is 13.5.